The van der Waals surface area contributed by atoms with Gasteiger partial charge in [-0.1, -0.05) is 23.8 Å². The van der Waals surface area contributed by atoms with E-state index in [4.69, 9.17) is 9.52 Å². The van der Waals surface area contributed by atoms with Crippen molar-refractivity contribution < 1.29 is 14.3 Å². The van der Waals surface area contributed by atoms with Gasteiger partial charge in [-0.15, -0.1) is 0 Å². The standard InChI is InChI=1S/C15H11NO3/c1-9-4-2-5-10(8-9)14-16-12-7-3-6-11(15(17)18)13(12)19-14/h2-8H,1H3,(H,17,18). The third-order valence-electron chi connectivity index (χ3n) is 2.91. The Kier molecular flexibility index (Phi) is 2.56. The van der Waals surface area contributed by atoms with E-state index in [1.165, 1.54) is 6.07 Å². The molecule has 0 radical (unpaired) electrons. The molecule has 0 atom stereocenters. The third-order valence-corrected chi connectivity index (χ3v) is 2.91. The molecule has 0 saturated heterocycles. The molecule has 0 aliphatic heterocycles. The lowest BCUT2D eigenvalue weighted by Crippen LogP contribution is -1.95. The highest BCUT2D eigenvalue weighted by Crippen LogP contribution is 2.26. The van der Waals surface area contributed by atoms with E-state index in [0.717, 1.165) is 11.1 Å². The number of oxazole rings is 1. The molecule has 0 unspecified atom stereocenters. The lowest BCUT2D eigenvalue weighted by Gasteiger charge is -1.96. The lowest BCUT2D eigenvalue weighted by molar-refractivity contribution is 0.0698. The summed E-state index contributed by atoms with van der Waals surface area (Å²) in [6.07, 6.45) is 0. The van der Waals surface area contributed by atoms with Crippen molar-refractivity contribution in [3.63, 3.8) is 0 Å². The Morgan fingerprint density at radius 3 is 2.74 bits per heavy atom. The van der Waals surface area contributed by atoms with Gasteiger partial charge in [-0.3, -0.25) is 0 Å². The van der Waals surface area contributed by atoms with Crippen molar-refractivity contribution in [3.8, 4) is 11.5 Å². The fourth-order valence-electron chi connectivity index (χ4n) is 2.02. The smallest absolute Gasteiger partial charge is 0.339 e. The first-order valence-electron chi connectivity index (χ1n) is 5.85. The molecule has 19 heavy (non-hydrogen) atoms. The predicted molar refractivity (Wildman–Crippen MR) is 71.1 cm³/mol. The summed E-state index contributed by atoms with van der Waals surface area (Å²) in [5, 5.41) is 9.12. The number of carboxylic acids is 1. The molecular weight excluding hydrogens is 242 g/mol. The number of aromatic nitrogens is 1. The second-order valence-corrected chi connectivity index (χ2v) is 4.35. The summed E-state index contributed by atoms with van der Waals surface area (Å²) in [7, 11) is 0. The largest absolute Gasteiger partial charge is 0.478 e. The summed E-state index contributed by atoms with van der Waals surface area (Å²) in [6, 6.07) is 12.6. The van der Waals surface area contributed by atoms with E-state index in [1.54, 1.807) is 12.1 Å². The quantitative estimate of drug-likeness (QED) is 0.759. The summed E-state index contributed by atoms with van der Waals surface area (Å²) in [5.41, 5.74) is 2.93. The van der Waals surface area contributed by atoms with Crippen LogP contribution in [0.3, 0.4) is 0 Å². The summed E-state index contributed by atoms with van der Waals surface area (Å²) < 4.78 is 5.61. The van der Waals surface area contributed by atoms with Crippen LogP contribution in [0.2, 0.25) is 0 Å². The molecule has 2 aromatic carbocycles. The van der Waals surface area contributed by atoms with Gasteiger partial charge >= 0.3 is 5.97 Å². The molecule has 1 aromatic heterocycles. The van der Waals surface area contributed by atoms with Gasteiger partial charge in [-0.05, 0) is 31.2 Å². The minimum Gasteiger partial charge on any atom is -0.478 e. The van der Waals surface area contributed by atoms with Crippen molar-refractivity contribution in [2.24, 2.45) is 0 Å². The van der Waals surface area contributed by atoms with Crippen molar-refractivity contribution in [2.45, 2.75) is 6.92 Å². The van der Waals surface area contributed by atoms with Crippen LogP contribution < -0.4 is 0 Å². The van der Waals surface area contributed by atoms with E-state index >= 15 is 0 Å². The Bertz CT molecular complexity index is 774. The van der Waals surface area contributed by atoms with Crippen molar-refractivity contribution >= 4 is 17.1 Å². The van der Waals surface area contributed by atoms with Gasteiger partial charge in [0.2, 0.25) is 5.89 Å². The van der Waals surface area contributed by atoms with Crippen molar-refractivity contribution in [2.75, 3.05) is 0 Å². The highest BCUT2D eigenvalue weighted by Gasteiger charge is 2.15. The molecule has 0 saturated carbocycles. The molecule has 3 aromatic rings. The molecular formula is C15H11NO3. The number of aryl methyl sites for hydroxylation is 1. The summed E-state index contributed by atoms with van der Waals surface area (Å²) in [5.74, 6) is -0.579. The monoisotopic (exact) mass is 253 g/mol. The Labute approximate surface area is 109 Å². The summed E-state index contributed by atoms with van der Waals surface area (Å²) >= 11 is 0. The highest BCUT2D eigenvalue weighted by atomic mass is 16.4. The van der Waals surface area contributed by atoms with E-state index in [1.807, 2.05) is 31.2 Å². The fraction of sp³-hybridized carbons (Fsp3) is 0.0667. The first-order valence-corrected chi connectivity index (χ1v) is 5.85. The maximum absolute atomic E-state index is 11.1. The van der Waals surface area contributed by atoms with E-state index in [9.17, 15) is 4.79 Å². The second kappa shape index (κ2) is 4.24. The van der Waals surface area contributed by atoms with Gasteiger partial charge in [0.15, 0.2) is 5.58 Å². The van der Waals surface area contributed by atoms with Gasteiger partial charge in [0, 0.05) is 5.56 Å². The number of carbonyl (C=O) groups is 1. The van der Waals surface area contributed by atoms with E-state index in [-0.39, 0.29) is 5.56 Å². The zero-order valence-corrected chi connectivity index (χ0v) is 10.3. The van der Waals surface area contributed by atoms with Gasteiger partial charge < -0.3 is 9.52 Å². The number of hydrogen-bond donors (Lipinski definition) is 1. The molecule has 0 spiro atoms. The minimum atomic E-state index is -1.02. The number of hydrogen-bond acceptors (Lipinski definition) is 3. The van der Waals surface area contributed by atoms with Crippen LogP contribution in [-0.2, 0) is 0 Å². The maximum atomic E-state index is 11.1. The van der Waals surface area contributed by atoms with Crippen LogP contribution in [0.1, 0.15) is 15.9 Å². The molecule has 1 heterocycles. The first kappa shape index (κ1) is 11.5. The Morgan fingerprint density at radius 2 is 2.00 bits per heavy atom. The predicted octanol–water partition coefficient (Wildman–Crippen LogP) is 3.50. The highest BCUT2D eigenvalue weighted by molar-refractivity contribution is 6.00. The zero-order valence-electron chi connectivity index (χ0n) is 10.3. The second-order valence-electron chi connectivity index (χ2n) is 4.35. The number of aromatic carboxylic acids is 1. The van der Waals surface area contributed by atoms with Crippen LogP contribution in [0.5, 0.6) is 0 Å². The lowest BCUT2D eigenvalue weighted by atomic mass is 10.1. The van der Waals surface area contributed by atoms with E-state index in [0.29, 0.717) is 17.0 Å². The van der Waals surface area contributed by atoms with E-state index < -0.39 is 5.97 Å². The van der Waals surface area contributed by atoms with Crippen LogP contribution in [0.15, 0.2) is 46.9 Å². The average Bonchev–Trinajstić information content (AvgIpc) is 2.82. The van der Waals surface area contributed by atoms with Crippen molar-refractivity contribution in [1.82, 2.24) is 4.98 Å². The molecule has 94 valence electrons. The zero-order chi connectivity index (χ0) is 13.4. The Balaban J connectivity index is 2.22. The molecule has 0 amide bonds. The maximum Gasteiger partial charge on any atom is 0.339 e. The minimum absolute atomic E-state index is 0.129. The molecule has 3 rings (SSSR count). The van der Waals surface area contributed by atoms with Gasteiger partial charge in [0.05, 0.1) is 0 Å². The molecule has 4 heteroatoms. The molecule has 0 aliphatic carbocycles. The Morgan fingerprint density at radius 1 is 1.21 bits per heavy atom. The number of rotatable bonds is 2. The number of fused-ring (bicyclic) bond motifs is 1. The molecule has 4 nitrogen and oxygen atoms in total. The molecule has 1 N–H and O–H groups in total. The normalized spacial score (nSPS) is 10.8. The summed E-state index contributed by atoms with van der Waals surface area (Å²) in [4.78, 5) is 15.5. The molecule has 0 aliphatic rings. The summed E-state index contributed by atoms with van der Waals surface area (Å²) in [6.45, 7) is 1.98. The fourth-order valence-corrected chi connectivity index (χ4v) is 2.02. The molecule has 0 fully saturated rings. The van der Waals surface area contributed by atoms with Gasteiger partial charge in [-0.25, -0.2) is 9.78 Å². The van der Waals surface area contributed by atoms with E-state index in [2.05, 4.69) is 4.98 Å². The first-order chi connectivity index (χ1) is 9.15. The van der Waals surface area contributed by atoms with Crippen molar-refractivity contribution in [1.29, 1.82) is 0 Å². The van der Waals surface area contributed by atoms with Gasteiger partial charge in [-0.2, -0.15) is 0 Å². The molecule has 0 bridgehead atoms. The topological polar surface area (TPSA) is 63.3 Å². The average molecular weight is 253 g/mol. The van der Waals surface area contributed by atoms with Crippen LogP contribution in [0, 0.1) is 6.92 Å². The van der Waals surface area contributed by atoms with Crippen LogP contribution in [0.25, 0.3) is 22.6 Å². The van der Waals surface area contributed by atoms with Crippen LogP contribution in [0.4, 0.5) is 0 Å². The Hall–Kier alpha value is -2.62. The number of para-hydroxylation sites is 1. The number of benzene rings is 2. The third kappa shape index (κ3) is 1.97. The number of nitrogens with zero attached hydrogens (tertiary/aromatic N) is 1. The number of carboxylic acid groups (broad SMARTS) is 1. The SMILES string of the molecule is Cc1cccc(-c2nc3cccc(C(=O)O)c3o2)c1. The van der Waals surface area contributed by atoms with Crippen LogP contribution >= 0.6 is 0 Å². The van der Waals surface area contributed by atoms with Gasteiger partial charge in [0.25, 0.3) is 0 Å². The van der Waals surface area contributed by atoms with Crippen molar-refractivity contribution in [3.05, 3.63) is 53.6 Å². The van der Waals surface area contributed by atoms with Gasteiger partial charge in [0.1, 0.15) is 11.1 Å². The van der Waals surface area contributed by atoms with Crippen LogP contribution in [-0.4, -0.2) is 16.1 Å².